The Morgan fingerprint density at radius 1 is 1.19 bits per heavy atom. The van der Waals surface area contributed by atoms with Crippen LogP contribution in [0.2, 0.25) is 0 Å². The molecule has 2 aromatic heterocycles. The number of aromatic amines is 1. The minimum absolute atomic E-state index is 0.144. The van der Waals surface area contributed by atoms with Gasteiger partial charge >= 0.3 is 6.03 Å². The zero-order valence-corrected chi connectivity index (χ0v) is 14.4. The number of nitrogens with zero attached hydrogens (tertiary/aromatic N) is 2. The molecule has 0 aliphatic heterocycles. The maximum absolute atomic E-state index is 12.1. The third-order valence-corrected chi connectivity index (χ3v) is 4.67. The smallest absolute Gasteiger partial charge is 0.321 e. The molecule has 0 aliphatic rings. The van der Waals surface area contributed by atoms with E-state index in [2.05, 4.69) is 25.6 Å². The molecule has 2 aromatic carbocycles. The number of anilines is 1. The Labute approximate surface area is 152 Å². The molecule has 0 fully saturated rings. The Kier molecular flexibility index (Phi) is 4.24. The van der Waals surface area contributed by atoms with Crippen LogP contribution in [0.1, 0.15) is 5.82 Å². The average molecular weight is 365 g/mol. The summed E-state index contributed by atoms with van der Waals surface area (Å²) in [7, 11) is 0. The van der Waals surface area contributed by atoms with E-state index in [-0.39, 0.29) is 18.3 Å². The van der Waals surface area contributed by atoms with Gasteiger partial charge < -0.3 is 15.4 Å². The number of rotatable bonds is 4. The highest BCUT2D eigenvalue weighted by Gasteiger charge is 2.09. The maximum atomic E-state index is 12.1. The number of phenolic OH excluding ortho intramolecular Hbond substituents is 1. The lowest BCUT2D eigenvalue weighted by atomic mass is 10.2. The lowest BCUT2D eigenvalue weighted by Gasteiger charge is -2.03. The van der Waals surface area contributed by atoms with Crippen molar-refractivity contribution in [1.82, 2.24) is 20.3 Å². The molecule has 8 heteroatoms. The standard InChI is InChI=1S/C18H15N5O2S/c24-12-6-7-15-13(8-12)22-18(26-15)23-17(25)20-10-16-19-9-14(21-16)11-4-2-1-3-5-11/h1-9,24H,10H2,(H,19,21)(H2,20,22,23,25). The minimum Gasteiger partial charge on any atom is -0.508 e. The zero-order valence-electron chi connectivity index (χ0n) is 13.6. The summed E-state index contributed by atoms with van der Waals surface area (Å²) in [4.78, 5) is 23.8. The Morgan fingerprint density at radius 2 is 2.04 bits per heavy atom. The molecule has 26 heavy (non-hydrogen) atoms. The normalized spacial score (nSPS) is 10.8. The van der Waals surface area contributed by atoms with E-state index >= 15 is 0 Å². The highest BCUT2D eigenvalue weighted by atomic mass is 32.1. The van der Waals surface area contributed by atoms with E-state index in [0.29, 0.717) is 16.5 Å². The Hall–Kier alpha value is -3.39. The number of aromatic nitrogens is 3. The van der Waals surface area contributed by atoms with Crippen LogP contribution in [0.3, 0.4) is 0 Å². The van der Waals surface area contributed by atoms with Crippen LogP contribution in [-0.2, 0) is 6.54 Å². The van der Waals surface area contributed by atoms with Crippen LogP contribution in [0.15, 0.2) is 54.7 Å². The minimum atomic E-state index is -0.370. The first-order chi connectivity index (χ1) is 12.7. The van der Waals surface area contributed by atoms with Crippen molar-refractivity contribution in [3.8, 4) is 17.0 Å². The summed E-state index contributed by atoms with van der Waals surface area (Å²) in [5.41, 5.74) is 2.58. The lowest BCUT2D eigenvalue weighted by Crippen LogP contribution is -2.28. The van der Waals surface area contributed by atoms with Gasteiger partial charge in [-0.2, -0.15) is 0 Å². The van der Waals surface area contributed by atoms with Crippen molar-refractivity contribution in [2.75, 3.05) is 5.32 Å². The van der Waals surface area contributed by atoms with Gasteiger partial charge in [0.25, 0.3) is 0 Å². The molecule has 0 atom stereocenters. The number of hydrogen-bond acceptors (Lipinski definition) is 5. The molecule has 0 spiro atoms. The van der Waals surface area contributed by atoms with Gasteiger partial charge in [0.05, 0.1) is 28.7 Å². The van der Waals surface area contributed by atoms with Crippen molar-refractivity contribution < 1.29 is 9.90 Å². The van der Waals surface area contributed by atoms with Gasteiger partial charge in [-0.3, -0.25) is 5.32 Å². The molecular weight excluding hydrogens is 350 g/mol. The van der Waals surface area contributed by atoms with Gasteiger partial charge in [-0.05, 0) is 17.7 Å². The van der Waals surface area contributed by atoms with Crippen molar-refractivity contribution in [1.29, 1.82) is 0 Å². The molecule has 7 nitrogen and oxygen atoms in total. The monoisotopic (exact) mass is 365 g/mol. The quantitative estimate of drug-likeness (QED) is 0.442. The van der Waals surface area contributed by atoms with E-state index in [0.717, 1.165) is 16.0 Å². The van der Waals surface area contributed by atoms with E-state index in [1.54, 1.807) is 24.4 Å². The summed E-state index contributed by atoms with van der Waals surface area (Å²) in [5, 5.41) is 15.4. The number of imidazole rings is 1. The van der Waals surface area contributed by atoms with E-state index in [4.69, 9.17) is 0 Å². The van der Waals surface area contributed by atoms with E-state index in [1.165, 1.54) is 11.3 Å². The number of aromatic hydroxyl groups is 1. The van der Waals surface area contributed by atoms with Gasteiger partial charge in [-0.15, -0.1) is 0 Å². The molecule has 0 saturated heterocycles. The van der Waals surface area contributed by atoms with Crippen LogP contribution in [0.4, 0.5) is 9.93 Å². The van der Waals surface area contributed by atoms with Gasteiger partial charge in [0, 0.05) is 6.07 Å². The fourth-order valence-corrected chi connectivity index (χ4v) is 3.33. The SMILES string of the molecule is O=C(NCc1ncc(-c2ccccc2)[nH]1)Nc1nc2cc(O)ccc2s1. The second-order valence-corrected chi connectivity index (χ2v) is 6.62. The topological polar surface area (TPSA) is 103 Å². The summed E-state index contributed by atoms with van der Waals surface area (Å²) in [5.74, 6) is 0.805. The number of carbonyl (C=O) groups excluding carboxylic acids is 1. The largest absolute Gasteiger partial charge is 0.508 e. The first kappa shape index (κ1) is 16.1. The van der Waals surface area contributed by atoms with Gasteiger partial charge in [-0.1, -0.05) is 41.7 Å². The predicted molar refractivity (Wildman–Crippen MR) is 101 cm³/mol. The summed E-state index contributed by atoms with van der Waals surface area (Å²) < 4.78 is 0.886. The molecule has 0 saturated carbocycles. The van der Waals surface area contributed by atoms with Crippen LogP contribution in [-0.4, -0.2) is 26.1 Å². The summed E-state index contributed by atoms with van der Waals surface area (Å²) in [6.07, 6.45) is 1.74. The zero-order chi connectivity index (χ0) is 17.9. The number of hydrogen-bond donors (Lipinski definition) is 4. The molecule has 2 amide bonds. The van der Waals surface area contributed by atoms with Crippen molar-refractivity contribution >= 4 is 32.7 Å². The van der Waals surface area contributed by atoms with Gasteiger partial charge in [0.2, 0.25) is 0 Å². The average Bonchev–Trinajstić information content (AvgIpc) is 3.27. The maximum Gasteiger partial charge on any atom is 0.321 e. The van der Waals surface area contributed by atoms with E-state index in [9.17, 15) is 9.90 Å². The lowest BCUT2D eigenvalue weighted by molar-refractivity contribution is 0.251. The molecule has 0 radical (unpaired) electrons. The van der Waals surface area contributed by atoms with E-state index < -0.39 is 0 Å². The number of fused-ring (bicyclic) bond motifs is 1. The van der Waals surface area contributed by atoms with Crippen molar-refractivity contribution in [2.24, 2.45) is 0 Å². The number of nitrogens with one attached hydrogen (secondary N) is 3. The molecule has 4 rings (SSSR count). The van der Waals surface area contributed by atoms with Crippen LogP contribution in [0.5, 0.6) is 5.75 Å². The number of benzene rings is 2. The number of amides is 2. The van der Waals surface area contributed by atoms with Crippen molar-refractivity contribution in [3.63, 3.8) is 0 Å². The molecule has 0 unspecified atom stereocenters. The fourth-order valence-electron chi connectivity index (χ4n) is 2.49. The number of H-pyrrole nitrogens is 1. The Balaban J connectivity index is 1.37. The summed E-state index contributed by atoms with van der Waals surface area (Å²) in [6.45, 7) is 0.268. The van der Waals surface area contributed by atoms with Crippen molar-refractivity contribution in [2.45, 2.75) is 6.54 Å². The Bertz CT molecular complexity index is 1060. The first-order valence-electron chi connectivity index (χ1n) is 7.91. The van der Waals surface area contributed by atoms with E-state index in [1.807, 2.05) is 30.3 Å². The summed E-state index contributed by atoms with van der Waals surface area (Å²) in [6, 6.07) is 14.4. The number of carbonyl (C=O) groups is 1. The second-order valence-electron chi connectivity index (χ2n) is 5.59. The van der Waals surface area contributed by atoms with Crippen LogP contribution < -0.4 is 10.6 Å². The van der Waals surface area contributed by atoms with Crippen LogP contribution in [0, 0.1) is 0 Å². The predicted octanol–water partition coefficient (Wildman–Crippen LogP) is 3.71. The van der Waals surface area contributed by atoms with Crippen molar-refractivity contribution in [3.05, 3.63) is 60.6 Å². The molecule has 2 heterocycles. The van der Waals surface area contributed by atoms with Gasteiger partial charge in [0.1, 0.15) is 11.6 Å². The summed E-state index contributed by atoms with van der Waals surface area (Å²) >= 11 is 1.34. The highest BCUT2D eigenvalue weighted by molar-refractivity contribution is 7.22. The second kappa shape index (κ2) is 6.85. The molecule has 0 aliphatic carbocycles. The Morgan fingerprint density at radius 3 is 2.88 bits per heavy atom. The first-order valence-corrected chi connectivity index (χ1v) is 8.73. The van der Waals surface area contributed by atoms with Crippen LogP contribution in [0.25, 0.3) is 21.5 Å². The molecule has 4 aromatic rings. The van der Waals surface area contributed by atoms with Gasteiger partial charge in [0.15, 0.2) is 5.13 Å². The molecule has 0 bridgehead atoms. The number of phenols is 1. The number of thiazole rings is 1. The third-order valence-electron chi connectivity index (χ3n) is 3.72. The fraction of sp³-hybridized carbons (Fsp3) is 0.0556. The molecular formula is C18H15N5O2S. The molecule has 4 N–H and O–H groups in total. The number of urea groups is 1. The highest BCUT2D eigenvalue weighted by Crippen LogP contribution is 2.28. The van der Waals surface area contributed by atoms with Gasteiger partial charge in [-0.25, -0.2) is 14.8 Å². The third kappa shape index (κ3) is 3.50. The molecule has 130 valence electrons. The van der Waals surface area contributed by atoms with Crippen LogP contribution >= 0.6 is 11.3 Å².